The lowest BCUT2D eigenvalue weighted by atomic mass is 10.2. The molecule has 0 aliphatic carbocycles. The van der Waals surface area contributed by atoms with Crippen LogP contribution in [0.3, 0.4) is 0 Å². The molecule has 19 heavy (non-hydrogen) atoms. The molecule has 0 saturated carbocycles. The number of benzene rings is 1. The third kappa shape index (κ3) is 5.09. The molecule has 4 nitrogen and oxygen atoms in total. The molecule has 0 aliphatic heterocycles. The van der Waals surface area contributed by atoms with E-state index in [9.17, 15) is 4.79 Å². The number of halogens is 1. The highest BCUT2D eigenvalue weighted by molar-refractivity contribution is 6.33. The zero-order chi connectivity index (χ0) is 14.3. The quantitative estimate of drug-likeness (QED) is 0.719. The van der Waals surface area contributed by atoms with Crippen molar-refractivity contribution in [2.24, 2.45) is 5.73 Å². The molecule has 0 atom stereocenters. The summed E-state index contributed by atoms with van der Waals surface area (Å²) in [5, 5.41) is 3.98. The van der Waals surface area contributed by atoms with Gasteiger partial charge in [0.15, 0.2) is 0 Å². The van der Waals surface area contributed by atoms with Crippen molar-refractivity contribution in [1.29, 1.82) is 0 Å². The van der Waals surface area contributed by atoms with Gasteiger partial charge in [-0.2, -0.15) is 0 Å². The fraction of sp³-hybridized carbons (Fsp3) is 0.500. The van der Waals surface area contributed by atoms with Crippen LogP contribution in [0, 0.1) is 0 Å². The fourth-order valence-corrected chi connectivity index (χ4v) is 2.20. The number of primary amides is 1. The molecule has 5 heteroatoms. The van der Waals surface area contributed by atoms with E-state index in [0.717, 1.165) is 30.8 Å². The summed E-state index contributed by atoms with van der Waals surface area (Å²) in [6.45, 7) is 6.76. The smallest absolute Gasteiger partial charge is 0.236 e. The first-order chi connectivity index (χ1) is 9.08. The van der Waals surface area contributed by atoms with E-state index in [1.807, 2.05) is 30.0 Å². The van der Waals surface area contributed by atoms with Gasteiger partial charge in [0.05, 0.1) is 17.3 Å². The summed E-state index contributed by atoms with van der Waals surface area (Å²) in [5.41, 5.74) is 7.22. The van der Waals surface area contributed by atoms with E-state index in [1.54, 1.807) is 0 Å². The van der Waals surface area contributed by atoms with Crippen LogP contribution in [0.1, 0.15) is 25.8 Å². The highest BCUT2D eigenvalue weighted by Crippen LogP contribution is 2.26. The highest BCUT2D eigenvalue weighted by atomic mass is 35.5. The molecule has 106 valence electrons. The van der Waals surface area contributed by atoms with Crippen molar-refractivity contribution in [3.05, 3.63) is 28.8 Å². The van der Waals surface area contributed by atoms with Crippen molar-refractivity contribution in [3.63, 3.8) is 0 Å². The van der Waals surface area contributed by atoms with Crippen LogP contribution in [0.4, 0.5) is 5.69 Å². The van der Waals surface area contributed by atoms with Gasteiger partial charge in [0.25, 0.3) is 0 Å². The molecule has 0 heterocycles. The lowest BCUT2D eigenvalue weighted by molar-refractivity contribution is -0.116. The van der Waals surface area contributed by atoms with Crippen LogP contribution in [0.5, 0.6) is 0 Å². The summed E-state index contributed by atoms with van der Waals surface area (Å²) in [6.07, 6.45) is 1.11. The van der Waals surface area contributed by atoms with E-state index in [-0.39, 0.29) is 12.5 Å². The first-order valence-electron chi connectivity index (χ1n) is 6.60. The van der Waals surface area contributed by atoms with Gasteiger partial charge in [0.2, 0.25) is 5.91 Å². The number of carbonyl (C=O) groups excluding carboxylic acids is 1. The van der Waals surface area contributed by atoms with Crippen LogP contribution in [-0.2, 0) is 11.3 Å². The summed E-state index contributed by atoms with van der Waals surface area (Å²) < 4.78 is 0. The summed E-state index contributed by atoms with van der Waals surface area (Å²) in [7, 11) is 0. The zero-order valence-corrected chi connectivity index (χ0v) is 12.3. The Labute approximate surface area is 119 Å². The average Bonchev–Trinajstić information content (AvgIpc) is 2.37. The monoisotopic (exact) mass is 283 g/mol. The minimum atomic E-state index is -0.355. The van der Waals surface area contributed by atoms with Gasteiger partial charge in [-0.3, -0.25) is 4.79 Å². The highest BCUT2D eigenvalue weighted by Gasteiger charge is 2.11. The number of nitrogens with two attached hydrogens (primary N) is 1. The van der Waals surface area contributed by atoms with Crippen molar-refractivity contribution < 1.29 is 4.79 Å². The van der Waals surface area contributed by atoms with Gasteiger partial charge in [-0.1, -0.05) is 24.6 Å². The predicted octanol–water partition coefficient (Wildman–Crippen LogP) is 2.15. The number of hydrogen-bond acceptors (Lipinski definition) is 3. The third-order valence-corrected chi connectivity index (χ3v) is 3.14. The van der Waals surface area contributed by atoms with Crippen molar-refractivity contribution in [2.45, 2.75) is 26.8 Å². The van der Waals surface area contributed by atoms with Crippen molar-refractivity contribution in [2.75, 3.05) is 24.5 Å². The van der Waals surface area contributed by atoms with Crippen molar-refractivity contribution in [1.82, 2.24) is 5.32 Å². The van der Waals surface area contributed by atoms with E-state index < -0.39 is 0 Å². The van der Waals surface area contributed by atoms with E-state index >= 15 is 0 Å². The number of hydrogen-bond donors (Lipinski definition) is 2. The lowest BCUT2D eigenvalue weighted by Crippen LogP contribution is -2.33. The normalized spacial score (nSPS) is 10.5. The number of carbonyl (C=O) groups is 1. The number of likely N-dealkylation sites (N-methyl/N-ethyl adjacent to an activating group) is 1. The maximum Gasteiger partial charge on any atom is 0.236 e. The fourth-order valence-electron chi connectivity index (χ4n) is 1.88. The second-order valence-electron chi connectivity index (χ2n) is 4.44. The first kappa shape index (κ1) is 15.8. The molecule has 0 spiro atoms. The molecule has 0 saturated heterocycles. The molecule has 0 radical (unpaired) electrons. The maximum atomic E-state index is 11.0. The summed E-state index contributed by atoms with van der Waals surface area (Å²) in [5.74, 6) is -0.355. The standard InChI is InChI=1S/C14H22ClN3O/c1-3-7-17-9-11-5-6-13(12(15)8-11)18(4-2)10-14(16)19/h5-6,8,17H,3-4,7,9-10H2,1-2H3,(H2,16,19). The van der Waals surface area contributed by atoms with Crippen molar-refractivity contribution >= 4 is 23.2 Å². The SMILES string of the molecule is CCCNCc1ccc(N(CC)CC(N)=O)c(Cl)c1. The van der Waals surface area contributed by atoms with Gasteiger partial charge in [-0.05, 0) is 37.6 Å². The number of amides is 1. The summed E-state index contributed by atoms with van der Waals surface area (Å²) in [6, 6.07) is 5.90. The minimum absolute atomic E-state index is 0.184. The molecule has 3 N–H and O–H groups in total. The molecule has 0 fully saturated rings. The molecule has 0 aromatic heterocycles. The van der Waals surface area contributed by atoms with Gasteiger partial charge < -0.3 is 16.0 Å². The third-order valence-electron chi connectivity index (χ3n) is 2.84. The molecular formula is C14H22ClN3O. The largest absolute Gasteiger partial charge is 0.368 e. The molecule has 1 amide bonds. The van der Waals surface area contributed by atoms with E-state index in [0.29, 0.717) is 11.6 Å². The average molecular weight is 284 g/mol. The number of nitrogens with one attached hydrogen (secondary N) is 1. The van der Waals surface area contributed by atoms with Gasteiger partial charge in [-0.15, -0.1) is 0 Å². The van der Waals surface area contributed by atoms with Gasteiger partial charge in [-0.25, -0.2) is 0 Å². The summed E-state index contributed by atoms with van der Waals surface area (Å²) in [4.78, 5) is 12.9. The Morgan fingerprint density at radius 1 is 1.42 bits per heavy atom. The molecule has 0 aliphatic rings. The Bertz CT molecular complexity index is 423. The first-order valence-corrected chi connectivity index (χ1v) is 6.98. The predicted molar refractivity (Wildman–Crippen MR) is 80.5 cm³/mol. The Kier molecular flexibility index (Phi) is 6.67. The Balaban J connectivity index is 2.77. The lowest BCUT2D eigenvalue weighted by Gasteiger charge is -2.23. The van der Waals surface area contributed by atoms with Gasteiger partial charge in [0.1, 0.15) is 0 Å². The van der Waals surface area contributed by atoms with Crippen LogP contribution in [-0.4, -0.2) is 25.5 Å². The van der Waals surface area contributed by atoms with E-state index in [4.69, 9.17) is 17.3 Å². The molecule has 0 bridgehead atoms. The number of nitrogens with zero attached hydrogens (tertiary/aromatic N) is 1. The Hall–Kier alpha value is -1.26. The molecule has 1 aromatic rings. The summed E-state index contributed by atoms with van der Waals surface area (Å²) >= 11 is 6.28. The minimum Gasteiger partial charge on any atom is -0.368 e. The van der Waals surface area contributed by atoms with Crippen molar-refractivity contribution in [3.8, 4) is 0 Å². The molecular weight excluding hydrogens is 262 g/mol. The second kappa shape index (κ2) is 8.02. The van der Waals surface area contributed by atoms with E-state index in [1.165, 1.54) is 0 Å². The molecule has 0 unspecified atom stereocenters. The Morgan fingerprint density at radius 2 is 2.16 bits per heavy atom. The van der Waals surface area contributed by atoms with Crippen LogP contribution < -0.4 is 16.0 Å². The van der Waals surface area contributed by atoms with E-state index in [2.05, 4.69) is 12.2 Å². The van der Waals surface area contributed by atoms with Crippen LogP contribution in [0.25, 0.3) is 0 Å². The molecule has 1 aromatic carbocycles. The number of anilines is 1. The van der Waals surface area contributed by atoms with Gasteiger partial charge >= 0.3 is 0 Å². The zero-order valence-electron chi connectivity index (χ0n) is 11.6. The Morgan fingerprint density at radius 3 is 2.68 bits per heavy atom. The maximum absolute atomic E-state index is 11.0. The number of rotatable bonds is 8. The van der Waals surface area contributed by atoms with Crippen LogP contribution in [0.2, 0.25) is 5.02 Å². The molecule has 1 rings (SSSR count). The van der Waals surface area contributed by atoms with Crippen LogP contribution >= 0.6 is 11.6 Å². The second-order valence-corrected chi connectivity index (χ2v) is 4.85. The topological polar surface area (TPSA) is 58.4 Å². The van der Waals surface area contributed by atoms with Gasteiger partial charge in [0, 0.05) is 13.1 Å². The van der Waals surface area contributed by atoms with Crippen LogP contribution in [0.15, 0.2) is 18.2 Å².